The van der Waals surface area contributed by atoms with Crippen molar-refractivity contribution in [2.75, 3.05) is 32.9 Å². The van der Waals surface area contributed by atoms with E-state index in [0.717, 1.165) is 23.3 Å². The molecule has 0 unspecified atom stereocenters. The monoisotopic (exact) mass is 398 g/mol. The molecule has 2 heterocycles. The summed E-state index contributed by atoms with van der Waals surface area (Å²) in [6.07, 6.45) is 5.01. The van der Waals surface area contributed by atoms with Gasteiger partial charge in [-0.15, -0.1) is 0 Å². The van der Waals surface area contributed by atoms with Crippen LogP contribution in [0.3, 0.4) is 0 Å². The Bertz CT molecular complexity index is 816. The van der Waals surface area contributed by atoms with Gasteiger partial charge in [-0.3, -0.25) is 4.79 Å². The molecule has 2 aromatic rings. The standard InChI is InChI=1S/C21H26N4O4/c1-3-16-13-22-21(23-14-16)29-24-19(4-2)17-5-7-18(8-6-17)28-15-20(26)25-9-11-27-12-10-25/h5-8,13-14H,3-4,9-12,15H2,1-2H3/b24-19-. The van der Waals surface area contributed by atoms with Crippen molar-refractivity contribution >= 4 is 11.6 Å². The molecular weight excluding hydrogens is 372 g/mol. The molecule has 8 heteroatoms. The van der Waals surface area contributed by atoms with Crippen LogP contribution in [-0.4, -0.2) is 59.4 Å². The van der Waals surface area contributed by atoms with E-state index in [1.165, 1.54) is 0 Å². The molecule has 1 aromatic carbocycles. The number of morpholine rings is 1. The van der Waals surface area contributed by atoms with Crippen molar-refractivity contribution in [1.82, 2.24) is 14.9 Å². The number of rotatable bonds is 8. The molecule has 0 aliphatic carbocycles. The van der Waals surface area contributed by atoms with Gasteiger partial charge in [0.15, 0.2) is 6.61 Å². The summed E-state index contributed by atoms with van der Waals surface area (Å²) in [4.78, 5) is 27.5. The van der Waals surface area contributed by atoms with Crippen LogP contribution in [0.2, 0.25) is 0 Å². The smallest absolute Gasteiger partial charge is 0.345 e. The Hall–Kier alpha value is -3.00. The average Bonchev–Trinajstić information content (AvgIpc) is 2.79. The lowest BCUT2D eigenvalue weighted by molar-refractivity contribution is -0.137. The number of benzene rings is 1. The minimum atomic E-state index is -0.0318. The van der Waals surface area contributed by atoms with Gasteiger partial charge in [0.2, 0.25) is 0 Å². The number of carbonyl (C=O) groups excluding carboxylic acids is 1. The number of nitrogens with zero attached hydrogens (tertiary/aromatic N) is 4. The predicted octanol–water partition coefficient (Wildman–Crippen LogP) is 2.47. The maximum atomic E-state index is 12.2. The SMILES string of the molecule is CC/C(=N/Oc1ncc(CC)cn1)c1ccc(OCC(=O)N2CCOCC2)cc1. The fourth-order valence-corrected chi connectivity index (χ4v) is 2.78. The van der Waals surface area contributed by atoms with Crippen molar-refractivity contribution in [2.45, 2.75) is 26.7 Å². The van der Waals surface area contributed by atoms with E-state index in [1.54, 1.807) is 17.3 Å². The van der Waals surface area contributed by atoms with Gasteiger partial charge in [0.05, 0.1) is 18.9 Å². The minimum Gasteiger partial charge on any atom is -0.484 e. The Labute approximate surface area is 170 Å². The molecule has 1 aliphatic rings. The Morgan fingerprint density at radius 1 is 1.14 bits per heavy atom. The summed E-state index contributed by atoms with van der Waals surface area (Å²) < 4.78 is 10.9. The van der Waals surface area contributed by atoms with Crippen molar-refractivity contribution in [3.63, 3.8) is 0 Å². The summed E-state index contributed by atoms with van der Waals surface area (Å²) in [5, 5.41) is 4.18. The topological polar surface area (TPSA) is 86.1 Å². The zero-order valence-corrected chi connectivity index (χ0v) is 16.8. The lowest BCUT2D eigenvalue weighted by Crippen LogP contribution is -2.42. The van der Waals surface area contributed by atoms with E-state index in [2.05, 4.69) is 15.1 Å². The quantitative estimate of drug-likeness (QED) is 0.502. The van der Waals surface area contributed by atoms with E-state index in [9.17, 15) is 4.79 Å². The highest BCUT2D eigenvalue weighted by molar-refractivity contribution is 6.00. The van der Waals surface area contributed by atoms with Crippen LogP contribution in [0.1, 0.15) is 31.4 Å². The van der Waals surface area contributed by atoms with Gasteiger partial charge in [0.1, 0.15) is 5.75 Å². The summed E-state index contributed by atoms with van der Waals surface area (Å²) in [5.74, 6) is 0.598. The molecule has 8 nitrogen and oxygen atoms in total. The highest BCUT2D eigenvalue weighted by atomic mass is 16.6. The number of oxime groups is 1. The van der Waals surface area contributed by atoms with Gasteiger partial charge < -0.3 is 19.2 Å². The molecule has 0 atom stereocenters. The van der Waals surface area contributed by atoms with Crippen molar-refractivity contribution in [2.24, 2.45) is 5.16 Å². The van der Waals surface area contributed by atoms with Crippen molar-refractivity contribution in [3.8, 4) is 11.8 Å². The molecule has 1 amide bonds. The summed E-state index contributed by atoms with van der Waals surface area (Å²) in [7, 11) is 0. The second kappa shape index (κ2) is 10.5. The zero-order chi connectivity index (χ0) is 20.5. The Morgan fingerprint density at radius 2 is 1.83 bits per heavy atom. The molecule has 1 aromatic heterocycles. The zero-order valence-electron chi connectivity index (χ0n) is 16.8. The van der Waals surface area contributed by atoms with Crippen LogP contribution < -0.4 is 9.57 Å². The molecule has 0 radical (unpaired) electrons. The van der Waals surface area contributed by atoms with E-state index in [0.29, 0.717) is 38.5 Å². The fraction of sp³-hybridized carbons (Fsp3) is 0.429. The van der Waals surface area contributed by atoms with E-state index in [-0.39, 0.29) is 18.5 Å². The van der Waals surface area contributed by atoms with E-state index < -0.39 is 0 Å². The average molecular weight is 398 g/mol. The maximum absolute atomic E-state index is 12.2. The van der Waals surface area contributed by atoms with Crippen molar-refractivity contribution in [1.29, 1.82) is 0 Å². The first-order valence-electron chi connectivity index (χ1n) is 9.83. The van der Waals surface area contributed by atoms with E-state index in [4.69, 9.17) is 14.3 Å². The van der Waals surface area contributed by atoms with E-state index >= 15 is 0 Å². The van der Waals surface area contributed by atoms with Crippen LogP contribution in [-0.2, 0) is 16.0 Å². The molecule has 1 fully saturated rings. The van der Waals surface area contributed by atoms with Crippen LogP contribution in [0.5, 0.6) is 11.8 Å². The van der Waals surface area contributed by atoms with Crippen LogP contribution in [0, 0.1) is 0 Å². The van der Waals surface area contributed by atoms with E-state index in [1.807, 2.05) is 38.1 Å². The van der Waals surface area contributed by atoms with Gasteiger partial charge in [-0.1, -0.05) is 19.0 Å². The predicted molar refractivity (Wildman–Crippen MR) is 108 cm³/mol. The Balaban J connectivity index is 1.55. The van der Waals surface area contributed by atoms with Gasteiger partial charge in [-0.25, -0.2) is 9.97 Å². The number of aryl methyl sites for hydroxylation is 1. The van der Waals surface area contributed by atoms with Gasteiger partial charge >= 0.3 is 6.01 Å². The number of aromatic nitrogens is 2. The van der Waals surface area contributed by atoms with Crippen LogP contribution in [0.15, 0.2) is 41.8 Å². The van der Waals surface area contributed by atoms with Crippen LogP contribution in [0.25, 0.3) is 0 Å². The molecule has 0 bridgehead atoms. The van der Waals surface area contributed by atoms with Crippen molar-refractivity contribution in [3.05, 3.63) is 47.8 Å². The van der Waals surface area contributed by atoms with Crippen LogP contribution in [0.4, 0.5) is 0 Å². The molecule has 29 heavy (non-hydrogen) atoms. The Morgan fingerprint density at radius 3 is 2.45 bits per heavy atom. The van der Waals surface area contributed by atoms with Gasteiger partial charge in [0.25, 0.3) is 5.91 Å². The number of hydrogen-bond acceptors (Lipinski definition) is 7. The molecule has 1 aliphatic heterocycles. The molecule has 0 saturated carbocycles. The highest BCUT2D eigenvalue weighted by Crippen LogP contribution is 2.15. The summed E-state index contributed by atoms with van der Waals surface area (Å²) in [5.41, 5.74) is 2.72. The number of ether oxygens (including phenoxy) is 2. The second-order valence-electron chi connectivity index (χ2n) is 6.52. The molecular formula is C21H26N4O4. The summed E-state index contributed by atoms with van der Waals surface area (Å²) in [6, 6.07) is 7.64. The maximum Gasteiger partial charge on any atom is 0.345 e. The molecule has 3 rings (SSSR count). The molecule has 154 valence electrons. The van der Waals surface area contributed by atoms with Crippen LogP contribution >= 0.6 is 0 Å². The normalized spacial score (nSPS) is 14.6. The fourth-order valence-electron chi connectivity index (χ4n) is 2.78. The third kappa shape index (κ3) is 5.99. The summed E-state index contributed by atoms with van der Waals surface area (Å²) >= 11 is 0. The largest absolute Gasteiger partial charge is 0.484 e. The third-order valence-corrected chi connectivity index (χ3v) is 4.58. The lowest BCUT2D eigenvalue weighted by Gasteiger charge is -2.26. The van der Waals surface area contributed by atoms with Gasteiger partial charge in [-0.05, 0) is 48.2 Å². The third-order valence-electron chi connectivity index (χ3n) is 4.58. The first-order chi connectivity index (χ1) is 14.2. The molecule has 0 spiro atoms. The lowest BCUT2D eigenvalue weighted by atomic mass is 10.1. The Kier molecular flexibility index (Phi) is 7.52. The van der Waals surface area contributed by atoms with Gasteiger partial charge in [-0.2, -0.15) is 0 Å². The van der Waals surface area contributed by atoms with Gasteiger partial charge in [0, 0.05) is 25.5 Å². The number of hydrogen-bond donors (Lipinski definition) is 0. The summed E-state index contributed by atoms with van der Waals surface area (Å²) in [6.45, 7) is 6.44. The second-order valence-corrected chi connectivity index (χ2v) is 6.52. The number of carbonyl (C=O) groups is 1. The minimum absolute atomic E-state index is 0.0161. The molecule has 1 saturated heterocycles. The number of amides is 1. The highest BCUT2D eigenvalue weighted by Gasteiger charge is 2.17. The first kappa shape index (κ1) is 20.7. The first-order valence-corrected chi connectivity index (χ1v) is 9.83. The van der Waals surface area contributed by atoms with Crippen molar-refractivity contribution < 1.29 is 19.1 Å². The molecule has 0 N–H and O–H groups in total.